The van der Waals surface area contributed by atoms with E-state index in [0.717, 1.165) is 37.2 Å². The molecule has 4 rings (SSSR count). The van der Waals surface area contributed by atoms with Crippen LogP contribution in [0, 0.1) is 5.92 Å². The Morgan fingerprint density at radius 3 is 2.85 bits per heavy atom. The van der Waals surface area contributed by atoms with Crippen LogP contribution >= 0.6 is 0 Å². The largest absolute Gasteiger partial charge is 0.464 e. The van der Waals surface area contributed by atoms with Crippen LogP contribution in [0.5, 0.6) is 0 Å². The fraction of sp³-hybridized carbons (Fsp3) is 0.273. The lowest BCUT2D eigenvalue weighted by Gasteiger charge is -2.10. The van der Waals surface area contributed by atoms with Gasteiger partial charge in [-0.1, -0.05) is 18.2 Å². The Labute approximate surface area is 157 Å². The molecule has 1 saturated heterocycles. The minimum atomic E-state index is -0.0805. The van der Waals surface area contributed by atoms with Crippen LogP contribution in [0.4, 0.5) is 0 Å². The number of ether oxygens (including phenoxy) is 1. The van der Waals surface area contributed by atoms with Gasteiger partial charge in [0.05, 0.1) is 11.6 Å². The molecular formula is C22H21NO4. The normalized spacial score (nSPS) is 16.5. The zero-order chi connectivity index (χ0) is 18.6. The molecule has 3 aromatic rings. The van der Waals surface area contributed by atoms with Gasteiger partial charge in [-0.2, -0.15) is 0 Å². The van der Waals surface area contributed by atoms with Crippen LogP contribution in [-0.4, -0.2) is 25.7 Å². The number of carbonyl (C=O) groups is 1. The van der Waals surface area contributed by atoms with Gasteiger partial charge in [0.2, 0.25) is 0 Å². The molecule has 0 bridgehead atoms. The average molecular weight is 363 g/mol. The van der Waals surface area contributed by atoms with Crippen molar-refractivity contribution in [2.45, 2.75) is 12.8 Å². The van der Waals surface area contributed by atoms with E-state index in [1.54, 1.807) is 12.1 Å². The monoisotopic (exact) mass is 363 g/mol. The average Bonchev–Trinajstić information content (AvgIpc) is 3.21. The first-order valence-electron chi connectivity index (χ1n) is 9.19. The van der Waals surface area contributed by atoms with Gasteiger partial charge >= 0.3 is 0 Å². The molecule has 0 aliphatic carbocycles. The Hall–Kier alpha value is -2.92. The van der Waals surface area contributed by atoms with E-state index < -0.39 is 0 Å². The van der Waals surface area contributed by atoms with Crippen molar-refractivity contribution in [1.82, 2.24) is 5.32 Å². The van der Waals surface area contributed by atoms with Crippen molar-refractivity contribution in [1.29, 1.82) is 0 Å². The minimum absolute atomic E-state index is 0.0661. The van der Waals surface area contributed by atoms with E-state index in [-0.39, 0.29) is 11.3 Å². The van der Waals surface area contributed by atoms with Crippen molar-refractivity contribution in [3.05, 3.63) is 70.6 Å². The van der Waals surface area contributed by atoms with E-state index in [0.29, 0.717) is 29.0 Å². The van der Waals surface area contributed by atoms with Gasteiger partial charge in [-0.05, 0) is 54.2 Å². The van der Waals surface area contributed by atoms with Crippen molar-refractivity contribution >= 4 is 16.9 Å². The van der Waals surface area contributed by atoms with Crippen molar-refractivity contribution in [3.8, 4) is 11.1 Å². The summed E-state index contributed by atoms with van der Waals surface area (Å²) in [5.74, 6) is 0.465. The Kier molecular flexibility index (Phi) is 5.03. The molecule has 1 unspecified atom stereocenters. The summed E-state index contributed by atoms with van der Waals surface area (Å²) in [6.45, 7) is 2.27. The summed E-state index contributed by atoms with van der Waals surface area (Å²) in [5, 5.41) is 3.53. The third kappa shape index (κ3) is 3.93. The Morgan fingerprint density at radius 1 is 1.11 bits per heavy atom. The topological polar surface area (TPSA) is 68.5 Å². The lowest BCUT2D eigenvalue weighted by atomic mass is 10.0. The lowest BCUT2D eigenvalue weighted by Crippen LogP contribution is -2.26. The second-order valence-corrected chi connectivity index (χ2v) is 6.85. The van der Waals surface area contributed by atoms with Crippen molar-refractivity contribution in [2.24, 2.45) is 5.92 Å². The standard InChI is InChI=1S/C22H21NO4/c24-20-8-11-27-21-13-17(4-5-19(20)21)16-2-1-3-18(12-16)22(25)23-9-6-15-7-10-26-14-15/h1-5,8,11-13,15H,6-7,9-10,14H2,(H,23,25). The van der Waals surface area contributed by atoms with E-state index in [2.05, 4.69) is 5.32 Å². The van der Waals surface area contributed by atoms with Gasteiger partial charge < -0.3 is 14.5 Å². The second-order valence-electron chi connectivity index (χ2n) is 6.85. The molecule has 2 aromatic carbocycles. The first-order valence-corrected chi connectivity index (χ1v) is 9.19. The van der Waals surface area contributed by atoms with Gasteiger partial charge in [-0.3, -0.25) is 9.59 Å². The van der Waals surface area contributed by atoms with Crippen LogP contribution in [0.1, 0.15) is 23.2 Å². The predicted molar refractivity (Wildman–Crippen MR) is 104 cm³/mol. The zero-order valence-corrected chi connectivity index (χ0v) is 14.9. The number of rotatable bonds is 5. The van der Waals surface area contributed by atoms with E-state index >= 15 is 0 Å². The summed E-state index contributed by atoms with van der Waals surface area (Å²) in [5.41, 5.74) is 2.89. The molecule has 27 heavy (non-hydrogen) atoms. The van der Waals surface area contributed by atoms with E-state index in [9.17, 15) is 9.59 Å². The maximum atomic E-state index is 12.5. The number of carbonyl (C=O) groups excluding carboxylic acids is 1. The Bertz CT molecular complexity index is 1020. The number of nitrogens with one attached hydrogen (secondary N) is 1. The minimum Gasteiger partial charge on any atom is -0.464 e. The summed E-state index contributed by atoms with van der Waals surface area (Å²) < 4.78 is 10.8. The molecule has 1 aliphatic rings. The van der Waals surface area contributed by atoms with E-state index in [1.165, 1.54) is 12.3 Å². The van der Waals surface area contributed by atoms with Gasteiger partial charge in [0.15, 0.2) is 5.43 Å². The van der Waals surface area contributed by atoms with Crippen LogP contribution in [-0.2, 0) is 4.74 Å². The molecule has 1 fully saturated rings. The van der Waals surface area contributed by atoms with E-state index in [4.69, 9.17) is 9.15 Å². The highest BCUT2D eigenvalue weighted by Crippen LogP contribution is 2.24. The SMILES string of the molecule is O=C(NCCC1CCOC1)c1cccc(-c2ccc3c(=O)ccoc3c2)c1. The van der Waals surface area contributed by atoms with Crippen molar-refractivity contribution in [3.63, 3.8) is 0 Å². The number of amides is 1. The van der Waals surface area contributed by atoms with Gasteiger partial charge in [-0.15, -0.1) is 0 Å². The van der Waals surface area contributed by atoms with Gasteiger partial charge in [-0.25, -0.2) is 0 Å². The van der Waals surface area contributed by atoms with Crippen LogP contribution in [0.15, 0.2) is 64.0 Å². The third-order valence-electron chi connectivity index (χ3n) is 4.98. The molecule has 1 aromatic heterocycles. The smallest absolute Gasteiger partial charge is 0.251 e. The summed E-state index contributed by atoms with van der Waals surface area (Å²) in [4.78, 5) is 24.3. The fourth-order valence-corrected chi connectivity index (χ4v) is 3.40. The predicted octanol–water partition coefficient (Wildman–Crippen LogP) is 3.62. The molecule has 5 nitrogen and oxygen atoms in total. The summed E-state index contributed by atoms with van der Waals surface area (Å²) >= 11 is 0. The highest BCUT2D eigenvalue weighted by Gasteiger charge is 2.15. The summed E-state index contributed by atoms with van der Waals surface area (Å²) in [6.07, 6.45) is 3.41. The van der Waals surface area contributed by atoms with Crippen LogP contribution in [0.25, 0.3) is 22.1 Å². The molecule has 0 spiro atoms. The molecule has 0 saturated carbocycles. The maximum Gasteiger partial charge on any atom is 0.251 e. The second kappa shape index (κ2) is 7.76. The molecule has 1 aliphatic heterocycles. The van der Waals surface area contributed by atoms with Crippen molar-refractivity contribution < 1.29 is 13.9 Å². The Morgan fingerprint density at radius 2 is 2.00 bits per heavy atom. The van der Waals surface area contributed by atoms with E-state index in [1.807, 2.05) is 30.3 Å². The first kappa shape index (κ1) is 17.5. The van der Waals surface area contributed by atoms with Crippen LogP contribution in [0.3, 0.4) is 0 Å². The van der Waals surface area contributed by atoms with Crippen LogP contribution < -0.4 is 10.7 Å². The number of benzene rings is 2. The van der Waals surface area contributed by atoms with Gasteiger partial charge in [0, 0.05) is 31.4 Å². The molecular weight excluding hydrogens is 342 g/mol. The number of fused-ring (bicyclic) bond motifs is 1. The molecule has 0 radical (unpaired) electrons. The first-order chi connectivity index (χ1) is 13.2. The van der Waals surface area contributed by atoms with Crippen molar-refractivity contribution in [2.75, 3.05) is 19.8 Å². The maximum absolute atomic E-state index is 12.5. The van der Waals surface area contributed by atoms with Gasteiger partial charge in [0.1, 0.15) is 5.58 Å². The molecule has 1 amide bonds. The van der Waals surface area contributed by atoms with Gasteiger partial charge in [0.25, 0.3) is 5.91 Å². The lowest BCUT2D eigenvalue weighted by molar-refractivity contribution is 0.0950. The Balaban J connectivity index is 1.50. The number of hydrogen-bond acceptors (Lipinski definition) is 4. The molecule has 1 atom stereocenters. The fourth-order valence-electron chi connectivity index (χ4n) is 3.40. The number of hydrogen-bond donors (Lipinski definition) is 1. The molecule has 138 valence electrons. The molecule has 2 heterocycles. The third-order valence-corrected chi connectivity index (χ3v) is 4.98. The highest BCUT2D eigenvalue weighted by molar-refractivity contribution is 5.95. The highest BCUT2D eigenvalue weighted by atomic mass is 16.5. The molecule has 1 N–H and O–H groups in total. The zero-order valence-electron chi connectivity index (χ0n) is 14.9. The molecule has 5 heteroatoms. The quantitative estimate of drug-likeness (QED) is 0.752. The summed E-state index contributed by atoms with van der Waals surface area (Å²) in [6, 6.07) is 14.3. The van der Waals surface area contributed by atoms with Crippen LogP contribution in [0.2, 0.25) is 0 Å². The summed E-state index contributed by atoms with van der Waals surface area (Å²) in [7, 11) is 0.